The first-order chi connectivity index (χ1) is 6.95. The Bertz CT molecular complexity index is 367. The van der Waals surface area contributed by atoms with Gasteiger partial charge < -0.3 is 5.32 Å². The van der Waals surface area contributed by atoms with Crippen LogP contribution in [-0.2, 0) is 11.0 Å². The number of rotatable bonds is 2. The van der Waals surface area contributed by atoms with Crippen LogP contribution >= 0.6 is 12.6 Å². The van der Waals surface area contributed by atoms with Gasteiger partial charge in [-0.15, -0.1) is 0 Å². The number of nitrogens with zero attached hydrogens (tertiary/aromatic N) is 1. The topological polar surface area (TPSA) is 42.0 Å². The number of pyridine rings is 1. The van der Waals surface area contributed by atoms with Crippen molar-refractivity contribution in [2.75, 3.05) is 11.1 Å². The van der Waals surface area contributed by atoms with Crippen LogP contribution in [0.4, 0.5) is 18.9 Å². The normalized spacial score (nSPS) is 11.2. The average Bonchev–Trinajstić information content (AvgIpc) is 2.17. The van der Waals surface area contributed by atoms with E-state index in [2.05, 4.69) is 22.9 Å². The van der Waals surface area contributed by atoms with Gasteiger partial charge >= 0.3 is 6.18 Å². The molecule has 0 aromatic carbocycles. The summed E-state index contributed by atoms with van der Waals surface area (Å²) in [6.07, 6.45) is -2.70. The molecule has 3 nitrogen and oxygen atoms in total. The highest BCUT2D eigenvalue weighted by Crippen LogP contribution is 2.33. The van der Waals surface area contributed by atoms with Crippen LogP contribution in [0, 0.1) is 0 Å². The Balaban J connectivity index is 3.02. The predicted molar refractivity (Wildman–Crippen MR) is 51.7 cm³/mol. The van der Waals surface area contributed by atoms with E-state index in [1.165, 1.54) is 6.20 Å². The third-order valence-electron chi connectivity index (χ3n) is 1.54. The molecule has 1 N–H and O–H groups in total. The van der Waals surface area contributed by atoms with Crippen molar-refractivity contribution in [3.63, 3.8) is 0 Å². The van der Waals surface area contributed by atoms with Crippen LogP contribution in [0.5, 0.6) is 0 Å². The van der Waals surface area contributed by atoms with Crippen molar-refractivity contribution in [3.8, 4) is 0 Å². The molecular formula is C8H7F3N2OS. The van der Waals surface area contributed by atoms with Crippen molar-refractivity contribution in [1.82, 2.24) is 4.98 Å². The van der Waals surface area contributed by atoms with Crippen LogP contribution in [0.1, 0.15) is 5.56 Å². The van der Waals surface area contributed by atoms with E-state index in [9.17, 15) is 18.0 Å². The second-order valence-electron chi connectivity index (χ2n) is 2.63. The Labute approximate surface area is 89.1 Å². The molecule has 1 aromatic rings. The van der Waals surface area contributed by atoms with Gasteiger partial charge in [0.1, 0.15) is 0 Å². The first-order valence-electron chi connectivity index (χ1n) is 3.87. The first kappa shape index (κ1) is 11.8. The maximum Gasteiger partial charge on any atom is 0.419 e. The van der Waals surface area contributed by atoms with E-state index in [4.69, 9.17) is 0 Å². The molecule has 0 fully saturated rings. The number of hydrogen-bond acceptors (Lipinski definition) is 3. The highest BCUT2D eigenvalue weighted by atomic mass is 32.1. The zero-order valence-electron chi connectivity index (χ0n) is 7.38. The minimum Gasteiger partial charge on any atom is -0.325 e. The van der Waals surface area contributed by atoms with Crippen LogP contribution < -0.4 is 5.32 Å². The van der Waals surface area contributed by atoms with E-state index < -0.39 is 17.6 Å². The fourth-order valence-electron chi connectivity index (χ4n) is 0.919. The number of carbonyl (C=O) groups is 1. The van der Waals surface area contributed by atoms with Gasteiger partial charge in [-0.2, -0.15) is 25.8 Å². The molecule has 0 saturated heterocycles. The van der Waals surface area contributed by atoms with Crippen molar-refractivity contribution in [1.29, 1.82) is 0 Å². The summed E-state index contributed by atoms with van der Waals surface area (Å²) < 4.78 is 37.2. The van der Waals surface area contributed by atoms with Crippen molar-refractivity contribution in [3.05, 3.63) is 24.0 Å². The molecule has 1 heterocycles. The Morgan fingerprint density at radius 2 is 2.20 bits per heavy atom. The predicted octanol–water partition coefficient (Wildman–Crippen LogP) is 1.97. The molecule has 0 bridgehead atoms. The molecule has 1 aromatic heterocycles. The lowest BCUT2D eigenvalue weighted by atomic mass is 10.2. The zero-order valence-corrected chi connectivity index (χ0v) is 8.27. The van der Waals surface area contributed by atoms with Crippen LogP contribution in [0.2, 0.25) is 0 Å². The lowest BCUT2D eigenvalue weighted by Crippen LogP contribution is -2.17. The SMILES string of the molecule is O=C(CS)Nc1ccncc1C(F)(F)F. The summed E-state index contributed by atoms with van der Waals surface area (Å²) in [6.45, 7) is 0. The van der Waals surface area contributed by atoms with E-state index in [1.54, 1.807) is 0 Å². The minimum absolute atomic E-state index is 0.181. The molecule has 7 heteroatoms. The standard InChI is InChI=1S/C8H7F3N2OS/c9-8(10,11)5-3-12-2-1-6(5)13-7(14)4-15/h1-3,15H,4H2,(H,12,13,14). The minimum atomic E-state index is -4.53. The number of nitrogens with one attached hydrogen (secondary N) is 1. The van der Waals surface area contributed by atoms with Crippen LogP contribution in [0.15, 0.2) is 18.5 Å². The van der Waals surface area contributed by atoms with Crippen molar-refractivity contribution >= 4 is 24.2 Å². The quantitative estimate of drug-likeness (QED) is 0.771. The Morgan fingerprint density at radius 3 is 2.73 bits per heavy atom. The van der Waals surface area contributed by atoms with E-state index >= 15 is 0 Å². The molecule has 15 heavy (non-hydrogen) atoms. The molecule has 0 aliphatic rings. The molecule has 0 spiro atoms. The smallest absolute Gasteiger partial charge is 0.325 e. The fourth-order valence-corrected chi connectivity index (χ4v) is 0.998. The maximum atomic E-state index is 12.4. The van der Waals surface area contributed by atoms with Gasteiger partial charge in [-0.05, 0) is 6.07 Å². The van der Waals surface area contributed by atoms with Crippen molar-refractivity contribution in [2.24, 2.45) is 0 Å². The number of alkyl halides is 3. The number of anilines is 1. The van der Waals surface area contributed by atoms with Gasteiger partial charge in [0.25, 0.3) is 0 Å². The number of amides is 1. The monoisotopic (exact) mass is 236 g/mol. The van der Waals surface area contributed by atoms with Gasteiger partial charge in [-0.1, -0.05) is 0 Å². The summed E-state index contributed by atoms with van der Waals surface area (Å²) in [4.78, 5) is 14.2. The second kappa shape index (κ2) is 4.52. The summed E-state index contributed by atoms with van der Waals surface area (Å²) in [6, 6.07) is 1.09. The van der Waals surface area contributed by atoms with E-state index in [0.29, 0.717) is 6.20 Å². The molecular weight excluding hydrogens is 229 g/mol. The van der Waals surface area contributed by atoms with E-state index in [-0.39, 0.29) is 11.4 Å². The van der Waals surface area contributed by atoms with Crippen LogP contribution in [0.3, 0.4) is 0 Å². The zero-order chi connectivity index (χ0) is 11.5. The lowest BCUT2D eigenvalue weighted by molar-refractivity contribution is -0.137. The molecule has 0 aliphatic carbocycles. The molecule has 0 unspecified atom stereocenters. The first-order valence-corrected chi connectivity index (χ1v) is 4.50. The van der Waals surface area contributed by atoms with Gasteiger partial charge in [0.05, 0.1) is 17.0 Å². The molecule has 0 saturated carbocycles. The molecule has 1 amide bonds. The molecule has 82 valence electrons. The summed E-state index contributed by atoms with van der Waals surface area (Å²) in [5, 5.41) is 2.09. The fraction of sp³-hybridized carbons (Fsp3) is 0.250. The third-order valence-corrected chi connectivity index (χ3v) is 1.83. The van der Waals surface area contributed by atoms with E-state index in [0.717, 1.165) is 6.07 Å². The van der Waals surface area contributed by atoms with Gasteiger partial charge in [0.15, 0.2) is 0 Å². The Hall–Kier alpha value is -1.24. The number of thiol groups is 1. The average molecular weight is 236 g/mol. The number of carbonyl (C=O) groups excluding carboxylic acids is 1. The molecule has 1 rings (SSSR count). The van der Waals surface area contributed by atoms with Crippen LogP contribution in [-0.4, -0.2) is 16.6 Å². The highest BCUT2D eigenvalue weighted by molar-refractivity contribution is 7.81. The molecule has 0 aliphatic heterocycles. The molecule has 0 radical (unpaired) electrons. The van der Waals surface area contributed by atoms with Gasteiger partial charge in [0, 0.05) is 12.4 Å². The number of hydrogen-bond donors (Lipinski definition) is 2. The summed E-state index contributed by atoms with van der Waals surface area (Å²) in [5.41, 5.74) is -1.28. The van der Waals surface area contributed by atoms with E-state index in [1.807, 2.05) is 0 Å². The van der Waals surface area contributed by atoms with Crippen LogP contribution in [0.25, 0.3) is 0 Å². The molecule has 0 atom stereocenters. The Kier molecular flexibility index (Phi) is 3.57. The Morgan fingerprint density at radius 1 is 1.53 bits per heavy atom. The van der Waals surface area contributed by atoms with Crippen molar-refractivity contribution < 1.29 is 18.0 Å². The van der Waals surface area contributed by atoms with Crippen molar-refractivity contribution in [2.45, 2.75) is 6.18 Å². The second-order valence-corrected chi connectivity index (χ2v) is 2.94. The van der Waals surface area contributed by atoms with Gasteiger partial charge in [0.2, 0.25) is 5.91 Å². The number of aromatic nitrogens is 1. The third kappa shape index (κ3) is 3.12. The largest absolute Gasteiger partial charge is 0.419 e. The van der Waals surface area contributed by atoms with Gasteiger partial charge in [-0.3, -0.25) is 9.78 Å². The summed E-state index contributed by atoms with van der Waals surface area (Å²) in [7, 11) is 0. The number of halogens is 3. The maximum absolute atomic E-state index is 12.4. The highest BCUT2D eigenvalue weighted by Gasteiger charge is 2.34. The summed E-state index contributed by atoms with van der Waals surface area (Å²) >= 11 is 3.64. The summed E-state index contributed by atoms with van der Waals surface area (Å²) in [5.74, 6) is -0.783. The van der Waals surface area contributed by atoms with Gasteiger partial charge in [-0.25, -0.2) is 0 Å². The lowest BCUT2D eigenvalue weighted by Gasteiger charge is -2.11.